The van der Waals surface area contributed by atoms with E-state index in [-0.39, 0.29) is 24.4 Å². The highest BCUT2D eigenvalue weighted by Gasteiger charge is 2.33. The average molecular weight is 178 g/mol. The molecule has 5 unspecified atom stereocenters. The van der Waals surface area contributed by atoms with E-state index in [1.54, 1.807) is 0 Å². The first-order valence-corrected chi connectivity index (χ1v) is 4.31. The van der Waals surface area contributed by atoms with Crippen LogP contribution in [-0.2, 0) is 9.26 Å². The highest BCUT2D eigenvalue weighted by molar-refractivity contribution is 7.09. The summed E-state index contributed by atoms with van der Waals surface area (Å²) in [7, 11) is 2.21. The minimum Gasteiger partial charge on any atom is -0.390 e. The summed E-state index contributed by atoms with van der Waals surface area (Å²) in [5.74, 6) is 0. The van der Waals surface area contributed by atoms with Crippen LogP contribution < -0.4 is 0 Å². The van der Waals surface area contributed by atoms with Gasteiger partial charge in [-0.2, -0.15) is 0 Å². The number of rotatable bonds is 2. The third kappa shape index (κ3) is 2.12. The molecule has 1 heterocycles. The molecule has 11 heavy (non-hydrogen) atoms. The highest BCUT2D eigenvalue weighted by Crippen LogP contribution is 2.24. The second kappa shape index (κ2) is 3.81. The monoisotopic (exact) mass is 178 g/mol. The fourth-order valence-corrected chi connectivity index (χ4v) is 1.42. The molecule has 4 heteroatoms. The zero-order chi connectivity index (χ0) is 8.43. The SMILES string of the molecule is CC1OC(C(C)OP)CC1O. The molecule has 1 rings (SSSR count). The van der Waals surface area contributed by atoms with Crippen LogP contribution in [-0.4, -0.2) is 29.5 Å². The molecule has 0 radical (unpaired) electrons. The lowest BCUT2D eigenvalue weighted by molar-refractivity contribution is -0.0171. The van der Waals surface area contributed by atoms with Crippen LogP contribution in [0.2, 0.25) is 0 Å². The minimum absolute atomic E-state index is 0.0394. The molecule has 66 valence electrons. The first-order valence-electron chi connectivity index (χ1n) is 3.84. The van der Waals surface area contributed by atoms with Gasteiger partial charge in [0.2, 0.25) is 0 Å². The Labute approximate surface area is 69.4 Å². The lowest BCUT2D eigenvalue weighted by Crippen LogP contribution is -2.23. The standard InChI is InChI=1S/C7H15O3P/c1-4-6(8)3-7(9-4)5(2)10-11/h4-8H,3,11H2,1-2H3. The van der Waals surface area contributed by atoms with Crippen molar-refractivity contribution in [3.8, 4) is 0 Å². The highest BCUT2D eigenvalue weighted by atomic mass is 31.0. The van der Waals surface area contributed by atoms with Gasteiger partial charge in [0.05, 0.1) is 24.4 Å². The molecule has 0 spiro atoms. The summed E-state index contributed by atoms with van der Waals surface area (Å²) in [6, 6.07) is 0. The Morgan fingerprint density at radius 3 is 2.73 bits per heavy atom. The van der Waals surface area contributed by atoms with E-state index in [0.717, 1.165) is 0 Å². The largest absolute Gasteiger partial charge is 0.390 e. The second-order valence-corrected chi connectivity index (χ2v) is 3.30. The Balaban J connectivity index is 2.40. The zero-order valence-electron chi connectivity index (χ0n) is 6.86. The molecule has 0 saturated carbocycles. The van der Waals surface area contributed by atoms with Gasteiger partial charge in [-0.05, 0) is 13.8 Å². The van der Waals surface area contributed by atoms with Crippen LogP contribution in [0.15, 0.2) is 0 Å². The van der Waals surface area contributed by atoms with Crippen molar-refractivity contribution >= 4 is 9.47 Å². The smallest absolute Gasteiger partial charge is 0.0867 e. The maximum absolute atomic E-state index is 9.33. The molecule has 0 amide bonds. The van der Waals surface area contributed by atoms with Gasteiger partial charge < -0.3 is 14.4 Å². The second-order valence-electron chi connectivity index (χ2n) is 3.02. The summed E-state index contributed by atoms with van der Waals surface area (Å²) >= 11 is 0. The predicted molar refractivity (Wildman–Crippen MR) is 45.2 cm³/mol. The molecule has 1 saturated heterocycles. The minimum atomic E-state index is -0.331. The normalized spacial score (nSPS) is 40.9. The molecule has 0 bridgehead atoms. The van der Waals surface area contributed by atoms with E-state index < -0.39 is 0 Å². The topological polar surface area (TPSA) is 38.7 Å². The van der Waals surface area contributed by atoms with Crippen molar-refractivity contribution < 1.29 is 14.4 Å². The van der Waals surface area contributed by atoms with Crippen molar-refractivity contribution in [3.05, 3.63) is 0 Å². The van der Waals surface area contributed by atoms with Crippen molar-refractivity contribution in [2.75, 3.05) is 0 Å². The number of hydrogen-bond acceptors (Lipinski definition) is 3. The molecular weight excluding hydrogens is 163 g/mol. The number of aliphatic hydroxyl groups is 1. The molecular formula is C7H15O3P. The average Bonchev–Trinajstić information content (AvgIpc) is 2.31. The third-order valence-electron chi connectivity index (χ3n) is 2.14. The number of aliphatic hydroxyl groups excluding tert-OH is 1. The summed E-state index contributed by atoms with van der Waals surface area (Å²) in [4.78, 5) is 0. The van der Waals surface area contributed by atoms with Gasteiger partial charge in [-0.25, -0.2) is 0 Å². The van der Waals surface area contributed by atoms with Gasteiger partial charge in [-0.15, -0.1) is 0 Å². The number of ether oxygens (including phenoxy) is 1. The Kier molecular flexibility index (Phi) is 3.26. The van der Waals surface area contributed by atoms with Crippen LogP contribution in [0, 0.1) is 0 Å². The van der Waals surface area contributed by atoms with E-state index in [0.29, 0.717) is 6.42 Å². The van der Waals surface area contributed by atoms with Crippen molar-refractivity contribution in [1.29, 1.82) is 0 Å². The fraction of sp³-hybridized carbons (Fsp3) is 1.00. The molecule has 1 N–H and O–H groups in total. The summed E-state index contributed by atoms with van der Waals surface area (Å²) in [5.41, 5.74) is 0. The van der Waals surface area contributed by atoms with Gasteiger partial charge in [0, 0.05) is 15.9 Å². The first kappa shape index (κ1) is 9.40. The van der Waals surface area contributed by atoms with E-state index >= 15 is 0 Å². The van der Waals surface area contributed by atoms with E-state index in [4.69, 9.17) is 9.26 Å². The zero-order valence-corrected chi connectivity index (χ0v) is 8.01. The lowest BCUT2D eigenvalue weighted by Gasteiger charge is -2.16. The predicted octanol–water partition coefficient (Wildman–Crippen LogP) is 0.720. The Hall–Kier alpha value is 0.310. The van der Waals surface area contributed by atoms with Crippen LogP contribution in [0.3, 0.4) is 0 Å². The van der Waals surface area contributed by atoms with E-state index in [9.17, 15) is 5.11 Å². The summed E-state index contributed by atoms with van der Waals surface area (Å²) < 4.78 is 10.4. The molecule has 0 aromatic carbocycles. The maximum atomic E-state index is 9.33. The van der Waals surface area contributed by atoms with Crippen molar-refractivity contribution in [2.45, 2.75) is 44.7 Å². The molecule has 0 aromatic heterocycles. The van der Waals surface area contributed by atoms with Gasteiger partial charge in [0.1, 0.15) is 0 Å². The lowest BCUT2D eigenvalue weighted by atomic mass is 10.1. The van der Waals surface area contributed by atoms with Crippen LogP contribution in [0.1, 0.15) is 20.3 Å². The van der Waals surface area contributed by atoms with Gasteiger partial charge in [-0.1, -0.05) is 0 Å². The summed E-state index contributed by atoms with van der Waals surface area (Å²) in [6.07, 6.45) is 0.374. The van der Waals surface area contributed by atoms with E-state index in [1.807, 2.05) is 13.8 Å². The van der Waals surface area contributed by atoms with Crippen LogP contribution in [0.25, 0.3) is 0 Å². The summed E-state index contributed by atoms with van der Waals surface area (Å²) in [5, 5.41) is 9.33. The van der Waals surface area contributed by atoms with Crippen LogP contribution >= 0.6 is 9.47 Å². The fourth-order valence-electron chi connectivity index (χ4n) is 1.24. The number of hydrogen-bond donors (Lipinski definition) is 1. The molecule has 3 nitrogen and oxygen atoms in total. The van der Waals surface area contributed by atoms with Gasteiger partial charge in [0.15, 0.2) is 0 Å². The molecule has 1 aliphatic rings. The molecule has 0 aromatic rings. The maximum Gasteiger partial charge on any atom is 0.0867 e. The molecule has 1 fully saturated rings. The van der Waals surface area contributed by atoms with Gasteiger partial charge >= 0.3 is 0 Å². The Bertz CT molecular complexity index is 121. The van der Waals surface area contributed by atoms with Gasteiger partial charge in [-0.3, -0.25) is 0 Å². The Morgan fingerprint density at radius 1 is 1.73 bits per heavy atom. The van der Waals surface area contributed by atoms with Crippen molar-refractivity contribution in [3.63, 3.8) is 0 Å². The van der Waals surface area contributed by atoms with E-state index in [1.165, 1.54) is 0 Å². The first-order chi connectivity index (χ1) is 5.15. The molecule has 1 aliphatic heterocycles. The van der Waals surface area contributed by atoms with Gasteiger partial charge in [0.25, 0.3) is 0 Å². The third-order valence-corrected chi connectivity index (χ3v) is 2.57. The molecule has 0 aliphatic carbocycles. The molecule has 5 atom stereocenters. The van der Waals surface area contributed by atoms with Crippen LogP contribution in [0.4, 0.5) is 0 Å². The quantitative estimate of drug-likeness (QED) is 0.633. The summed E-state index contributed by atoms with van der Waals surface area (Å²) in [6.45, 7) is 3.81. The Morgan fingerprint density at radius 2 is 2.36 bits per heavy atom. The van der Waals surface area contributed by atoms with Crippen molar-refractivity contribution in [1.82, 2.24) is 0 Å². The van der Waals surface area contributed by atoms with Crippen molar-refractivity contribution in [2.24, 2.45) is 0 Å². The van der Waals surface area contributed by atoms with Crippen LogP contribution in [0.5, 0.6) is 0 Å². The van der Waals surface area contributed by atoms with E-state index in [2.05, 4.69) is 9.47 Å².